The second-order valence-electron chi connectivity index (χ2n) is 5.58. The summed E-state index contributed by atoms with van der Waals surface area (Å²) in [5, 5.41) is 4.06. The lowest BCUT2D eigenvalue weighted by Gasteiger charge is -2.39. The molecule has 0 bridgehead atoms. The van der Waals surface area contributed by atoms with Gasteiger partial charge in [0.1, 0.15) is 5.54 Å². The summed E-state index contributed by atoms with van der Waals surface area (Å²) in [6.07, 6.45) is 4.95. The zero-order chi connectivity index (χ0) is 14.6. The highest BCUT2D eigenvalue weighted by Gasteiger charge is 2.43. The van der Waals surface area contributed by atoms with E-state index >= 15 is 0 Å². The van der Waals surface area contributed by atoms with E-state index in [1.165, 1.54) is 13.5 Å². The molecular weight excluding hydrogens is 274 g/mol. The summed E-state index contributed by atoms with van der Waals surface area (Å²) in [6, 6.07) is 7.50. The van der Waals surface area contributed by atoms with Crippen LogP contribution in [0.1, 0.15) is 39.0 Å². The van der Waals surface area contributed by atoms with Crippen molar-refractivity contribution in [1.29, 1.82) is 0 Å². The van der Waals surface area contributed by atoms with Crippen molar-refractivity contribution >= 4 is 23.3 Å². The summed E-state index contributed by atoms with van der Waals surface area (Å²) in [6.45, 7) is 2.18. The second kappa shape index (κ2) is 6.49. The van der Waals surface area contributed by atoms with Crippen molar-refractivity contribution in [2.24, 2.45) is 5.92 Å². The van der Waals surface area contributed by atoms with Crippen molar-refractivity contribution in [2.75, 3.05) is 12.4 Å². The van der Waals surface area contributed by atoms with Crippen molar-refractivity contribution in [3.63, 3.8) is 0 Å². The molecule has 1 N–H and O–H groups in total. The average Bonchev–Trinajstić information content (AvgIpc) is 2.46. The maximum Gasteiger partial charge on any atom is 0.331 e. The number of halogens is 1. The molecule has 2 unspecified atom stereocenters. The summed E-state index contributed by atoms with van der Waals surface area (Å²) in [7, 11) is 1.46. The van der Waals surface area contributed by atoms with Gasteiger partial charge in [-0.05, 0) is 37.0 Å². The summed E-state index contributed by atoms with van der Waals surface area (Å²) < 4.78 is 5.05. The molecular formula is C16H22ClNO2. The van der Waals surface area contributed by atoms with Gasteiger partial charge in [-0.1, -0.05) is 43.9 Å². The van der Waals surface area contributed by atoms with Gasteiger partial charge in [0.2, 0.25) is 0 Å². The van der Waals surface area contributed by atoms with Crippen LogP contribution in [-0.4, -0.2) is 18.6 Å². The van der Waals surface area contributed by atoms with Crippen molar-refractivity contribution in [3.8, 4) is 0 Å². The quantitative estimate of drug-likeness (QED) is 0.843. The van der Waals surface area contributed by atoms with Crippen LogP contribution in [0.4, 0.5) is 5.69 Å². The van der Waals surface area contributed by atoms with Gasteiger partial charge in [0.05, 0.1) is 7.11 Å². The Hall–Kier alpha value is -1.22. The zero-order valence-corrected chi connectivity index (χ0v) is 12.9. The number of anilines is 1. The number of hydrogen-bond donors (Lipinski definition) is 1. The zero-order valence-electron chi connectivity index (χ0n) is 12.1. The van der Waals surface area contributed by atoms with Crippen LogP contribution in [-0.2, 0) is 9.53 Å². The van der Waals surface area contributed by atoms with Crippen molar-refractivity contribution in [3.05, 3.63) is 29.3 Å². The first-order chi connectivity index (χ1) is 9.59. The minimum Gasteiger partial charge on any atom is -0.467 e. The molecule has 0 radical (unpaired) electrons. The summed E-state index contributed by atoms with van der Waals surface area (Å²) in [5.74, 6) is 0.394. The second-order valence-corrected chi connectivity index (χ2v) is 6.02. The highest BCUT2D eigenvalue weighted by molar-refractivity contribution is 6.30. The van der Waals surface area contributed by atoms with Crippen LogP contribution in [0.25, 0.3) is 0 Å². The lowest BCUT2D eigenvalue weighted by Crippen LogP contribution is -2.50. The van der Waals surface area contributed by atoms with Gasteiger partial charge in [-0.2, -0.15) is 0 Å². The molecule has 1 aliphatic carbocycles. The Morgan fingerprint density at radius 1 is 1.55 bits per heavy atom. The number of hydrogen-bond acceptors (Lipinski definition) is 3. The van der Waals surface area contributed by atoms with Crippen LogP contribution in [0.5, 0.6) is 0 Å². The number of methoxy groups -OCH3 is 1. The molecule has 0 saturated heterocycles. The van der Waals surface area contributed by atoms with Gasteiger partial charge < -0.3 is 10.1 Å². The number of ether oxygens (including phenoxy) is 1. The molecule has 2 rings (SSSR count). The topological polar surface area (TPSA) is 38.3 Å². The number of esters is 1. The third-order valence-corrected chi connectivity index (χ3v) is 4.45. The van der Waals surface area contributed by atoms with E-state index in [0.29, 0.717) is 10.9 Å². The fraction of sp³-hybridized carbons (Fsp3) is 0.562. The van der Waals surface area contributed by atoms with E-state index in [1.54, 1.807) is 0 Å². The molecule has 1 aromatic rings. The van der Waals surface area contributed by atoms with Crippen LogP contribution in [0, 0.1) is 5.92 Å². The van der Waals surface area contributed by atoms with Gasteiger partial charge in [-0.15, -0.1) is 0 Å². The van der Waals surface area contributed by atoms with Crippen LogP contribution in [0.15, 0.2) is 24.3 Å². The van der Waals surface area contributed by atoms with E-state index in [4.69, 9.17) is 16.3 Å². The van der Waals surface area contributed by atoms with Crippen LogP contribution >= 0.6 is 11.6 Å². The lowest BCUT2D eigenvalue weighted by atomic mass is 9.74. The number of nitrogens with one attached hydrogen (secondary N) is 1. The molecule has 110 valence electrons. The highest BCUT2D eigenvalue weighted by atomic mass is 35.5. The fourth-order valence-corrected chi connectivity index (χ4v) is 3.32. The largest absolute Gasteiger partial charge is 0.467 e. The molecule has 1 saturated carbocycles. The first-order valence-corrected chi connectivity index (χ1v) is 7.59. The SMILES string of the molecule is CCC1CCCC(Nc2cccc(Cl)c2)(C(=O)OC)C1. The van der Waals surface area contributed by atoms with Gasteiger partial charge >= 0.3 is 5.97 Å². The number of benzene rings is 1. The Morgan fingerprint density at radius 2 is 2.35 bits per heavy atom. The Kier molecular flexibility index (Phi) is 4.92. The van der Waals surface area contributed by atoms with E-state index in [0.717, 1.165) is 31.4 Å². The van der Waals surface area contributed by atoms with E-state index in [2.05, 4.69) is 12.2 Å². The molecule has 0 spiro atoms. The number of rotatable bonds is 4. The molecule has 2 atom stereocenters. The predicted molar refractivity (Wildman–Crippen MR) is 82.1 cm³/mol. The Labute approximate surface area is 125 Å². The van der Waals surface area contributed by atoms with E-state index in [1.807, 2.05) is 24.3 Å². The first-order valence-electron chi connectivity index (χ1n) is 7.22. The molecule has 0 amide bonds. The molecule has 1 aliphatic rings. The molecule has 3 nitrogen and oxygen atoms in total. The van der Waals surface area contributed by atoms with E-state index in [9.17, 15) is 4.79 Å². The van der Waals surface area contributed by atoms with Crippen molar-refractivity contribution in [1.82, 2.24) is 0 Å². The van der Waals surface area contributed by atoms with Crippen LogP contribution in [0.2, 0.25) is 5.02 Å². The molecule has 20 heavy (non-hydrogen) atoms. The maximum atomic E-state index is 12.3. The van der Waals surface area contributed by atoms with Gasteiger partial charge in [0.15, 0.2) is 0 Å². The molecule has 4 heteroatoms. The third-order valence-electron chi connectivity index (χ3n) is 4.21. The standard InChI is InChI=1S/C16H22ClNO2/c1-3-12-6-5-9-16(11-12,15(19)20-2)18-14-8-4-7-13(17)10-14/h4,7-8,10,12,18H,3,5-6,9,11H2,1-2H3. The summed E-state index contributed by atoms with van der Waals surface area (Å²) in [5.41, 5.74) is 0.262. The van der Waals surface area contributed by atoms with Gasteiger partial charge in [-0.3, -0.25) is 0 Å². The normalized spacial score (nSPS) is 26.1. The summed E-state index contributed by atoms with van der Waals surface area (Å²) in [4.78, 5) is 12.3. The van der Waals surface area contributed by atoms with Crippen LogP contribution in [0.3, 0.4) is 0 Å². The highest BCUT2D eigenvalue weighted by Crippen LogP contribution is 2.37. The monoisotopic (exact) mass is 295 g/mol. The van der Waals surface area contributed by atoms with Crippen molar-refractivity contribution in [2.45, 2.75) is 44.6 Å². The molecule has 0 heterocycles. The Balaban J connectivity index is 2.25. The number of carbonyl (C=O) groups is 1. The van der Waals surface area contributed by atoms with Crippen LogP contribution < -0.4 is 5.32 Å². The first kappa shape index (κ1) is 15.2. The predicted octanol–water partition coefficient (Wildman–Crippen LogP) is 4.26. The maximum absolute atomic E-state index is 12.3. The Bertz CT molecular complexity index is 477. The van der Waals surface area contributed by atoms with Gasteiger partial charge in [0.25, 0.3) is 0 Å². The Morgan fingerprint density at radius 3 is 3.00 bits per heavy atom. The minimum atomic E-state index is -0.613. The average molecular weight is 296 g/mol. The third kappa shape index (κ3) is 3.26. The number of carbonyl (C=O) groups excluding carboxylic acids is 1. The smallest absolute Gasteiger partial charge is 0.331 e. The fourth-order valence-electron chi connectivity index (χ4n) is 3.13. The van der Waals surface area contributed by atoms with E-state index < -0.39 is 5.54 Å². The minimum absolute atomic E-state index is 0.171. The van der Waals surface area contributed by atoms with E-state index in [-0.39, 0.29) is 5.97 Å². The lowest BCUT2D eigenvalue weighted by molar-refractivity contribution is -0.147. The van der Waals surface area contributed by atoms with Gasteiger partial charge in [0, 0.05) is 10.7 Å². The summed E-state index contributed by atoms with van der Waals surface area (Å²) >= 11 is 6.02. The molecule has 1 aromatic carbocycles. The van der Waals surface area contributed by atoms with Crippen molar-refractivity contribution < 1.29 is 9.53 Å². The molecule has 0 aromatic heterocycles. The molecule has 1 fully saturated rings. The molecule has 0 aliphatic heterocycles. The van der Waals surface area contributed by atoms with Gasteiger partial charge in [-0.25, -0.2) is 4.79 Å².